The number of carboxylic acids is 1. The lowest BCUT2D eigenvalue weighted by Crippen LogP contribution is -2.36. The second-order valence-electron chi connectivity index (χ2n) is 8.35. The molecule has 3 aromatic rings. The molecule has 4 rings (SSSR count). The monoisotopic (exact) mass is 406 g/mol. The van der Waals surface area contributed by atoms with Gasteiger partial charge in [-0.25, -0.2) is 4.79 Å². The summed E-state index contributed by atoms with van der Waals surface area (Å²) in [5, 5.41) is 10.5. The number of ether oxygens (including phenoxy) is 1. The van der Waals surface area contributed by atoms with Crippen LogP contribution in [-0.4, -0.2) is 34.6 Å². The van der Waals surface area contributed by atoms with Crippen LogP contribution in [-0.2, 0) is 6.54 Å². The first-order valence-corrected chi connectivity index (χ1v) is 10.7. The molecule has 2 atom stereocenters. The van der Waals surface area contributed by atoms with Crippen LogP contribution < -0.4 is 4.74 Å². The van der Waals surface area contributed by atoms with Crippen LogP contribution in [0.4, 0.5) is 0 Å². The number of aryl methyl sites for hydroxylation is 1. The number of nitrogens with zero attached hydrogens (tertiary/aromatic N) is 1. The molecular formula is C25H30N2O3. The van der Waals surface area contributed by atoms with Gasteiger partial charge in [0.25, 0.3) is 0 Å². The van der Waals surface area contributed by atoms with Crippen molar-refractivity contribution in [2.75, 3.05) is 13.7 Å². The number of H-pyrrole nitrogens is 1. The Morgan fingerprint density at radius 1 is 1.27 bits per heavy atom. The number of piperidine rings is 1. The summed E-state index contributed by atoms with van der Waals surface area (Å²) < 4.78 is 5.76. The van der Waals surface area contributed by atoms with E-state index in [2.05, 4.69) is 35.9 Å². The van der Waals surface area contributed by atoms with Gasteiger partial charge < -0.3 is 14.8 Å². The highest BCUT2D eigenvalue weighted by Crippen LogP contribution is 2.39. The number of hydrogen-bond donors (Lipinski definition) is 2. The molecule has 1 aliphatic heterocycles. The zero-order valence-electron chi connectivity index (χ0n) is 17.9. The molecule has 2 aromatic carbocycles. The standard InChI is InChI=1S/C25H30N2O3/c1-4-17-10-12-27(22(14-17)18-5-7-19(8-6-18)25(28)29)15-21-20-9-11-26-24(20)16(2)13-23(21)30-3/h5-9,11,13,17,22,26H,4,10,12,14-15H2,1-3H3,(H,28,29)/t17-,22+/m1/s1. The zero-order valence-corrected chi connectivity index (χ0v) is 17.9. The molecule has 5 heteroatoms. The highest BCUT2D eigenvalue weighted by molar-refractivity contribution is 5.88. The van der Waals surface area contributed by atoms with Gasteiger partial charge in [0.1, 0.15) is 5.75 Å². The second-order valence-corrected chi connectivity index (χ2v) is 8.35. The van der Waals surface area contributed by atoms with Crippen LogP contribution in [0.5, 0.6) is 5.75 Å². The predicted octanol–water partition coefficient (Wildman–Crippen LogP) is 5.55. The molecule has 0 amide bonds. The maximum atomic E-state index is 11.3. The molecule has 0 spiro atoms. The fraction of sp³-hybridized carbons (Fsp3) is 0.400. The summed E-state index contributed by atoms with van der Waals surface area (Å²) in [6.45, 7) is 6.19. The van der Waals surface area contributed by atoms with Crippen molar-refractivity contribution in [2.24, 2.45) is 5.92 Å². The summed E-state index contributed by atoms with van der Waals surface area (Å²) in [7, 11) is 1.74. The number of aromatic amines is 1. The fourth-order valence-corrected chi connectivity index (χ4v) is 4.83. The van der Waals surface area contributed by atoms with E-state index in [1.54, 1.807) is 19.2 Å². The van der Waals surface area contributed by atoms with Crippen molar-refractivity contribution in [2.45, 2.75) is 45.7 Å². The number of methoxy groups -OCH3 is 1. The Morgan fingerprint density at radius 3 is 2.70 bits per heavy atom. The molecule has 2 N–H and O–H groups in total. The molecule has 158 valence electrons. The number of carbonyl (C=O) groups is 1. The van der Waals surface area contributed by atoms with Gasteiger partial charge in [-0.15, -0.1) is 0 Å². The predicted molar refractivity (Wildman–Crippen MR) is 119 cm³/mol. The zero-order chi connectivity index (χ0) is 21.3. The smallest absolute Gasteiger partial charge is 0.335 e. The van der Waals surface area contributed by atoms with E-state index in [1.807, 2.05) is 18.3 Å². The summed E-state index contributed by atoms with van der Waals surface area (Å²) in [5.41, 5.74) is 5.08. The number of benzene rings is 2. The summed E-state index contributed by atoms with van der Waals surface area (Å²) in [6, 6.07) is 11.9. The van der Waals surface area contributed by atoms with Crippen molar-refractivity contribution in [1.29, 1.82) is 0 Å². The van der Waals surface area contributed by atoms with Gasteiger partial charge in [0.15, 0.2) is 0 Å². The Hall–Kier alpha value is -2.79. The molecule has 30 heavy (non-hydrogen) atoms. The average molecular weight is 407 g/mol. The Labute approximate surface area is 177 Å². The molecule has 0 saturated carbocycles. The van der Waals surface area contributed by atoms with Gasteiger partial charge in [-0.3, -0.25) is 4.90 Å². The normalized spacial score (nSPS) is 19.8. The highest BCUT2D eigenvalue weighted by atomic mass is 16.5. The molecule has 1 saturated heterocycles. The highest BCUT2D eigenvalue weighted by Gasteiger charge is 2.30. The summed E-state index contributed by atoms with van der Waals surface area (Å²) in [4.78, 5) is 17.2. The minimum atomic E-state index is -0.882. The Kier molecular flexibility index (Phi) is 5.82. The van der Waals surface area contributed by atoms with Crippen LogP contribution in [0.2, 0.25) is 0 Å². The van der Waals surface area contributed by atoms with Crippen LogP contribution in [0, 0.1) is 12.8 Å². The third-order valence-electron chi connectivity index (χ3n) is 6.63. The van der Waals surface area contributed by atoms with Gasteiger partial charge in [-0.05, 0) is 67.6 Å². The first-order chi connectivity index (χ1) is 14.5. The minimum Gasteiger partial charge on any atom is -0.496 e. The Bertz CT molecular complexity index is 1040. The van der Waals surface area contributed by atoms with Crippen LogP contribution in [0.1, 0.15) is 59.3 Å². The number of rotatable bonds is 6. The number of nitrogens with one attached hydrogen (secondary N) is 1. The van der Waals surface area contributed by atoms with Crippen molar-refractivity contribution in [3.8, 4) is 5.75 Å². The second kappa shape index (κ2) is 8.52. The first kappa shape index (κ1) is 20.5. The quantitative estimate of drug-likeness (QED) is 0.563. The topological polar surface area (TPSA) is 65.6 Å². The van der Waals surface area contributed by atoms with Crippen molar-refractivity contribution in [1.82, 2.24) is 9.88 Å². The maximum absolute atomic E-state index is 11.3. The molecule has 5 nitrogen and oxygen atoms in total. The summed E-state index contributed by atoms with van der Waals surface area (Å²) >= 11 is 0. The van der Waals surface area contributed by atoms with Gasteiger partial charge >= 0.3 is 5.97 Å². The van der Waals surface area contributed by atoms with E-state index in [4.69, 9.17) is 4.74 Å². The minimum absolute atomic E-state index is 0.270. The number of carboxylic acid groups (broad SMARTS) is 1. The number of likely N-dealkylation sites (tertiary alicyclic amines) is 1. The third-order valence-corrected chi connectivity index (χ3v) is 6.63. The average Bonchev–Trinajstić information content (AvgIpc) is 3.26. The molecule has 0 bridgehead atoms. The lowest BCUT2D eigenvalue weighted by Gasteiger charge is -2.40. The van der Waals surface area contributed by atoms with Crippen molar-refractivity contribution < 1.29 is 14.6 Å². The van der Waals surface area contributed by atoms with Gasteiger partial charge in [0.05, 0.1) is 12.7 Å². The van der Waals surface area contributed by atoms with Gasteiger partial charge in [-0.2, -0.15) is 0 Å². The molecule has 1 fully saturated rings. The fourth-order valence-electron chi connectivity index (χ4n) is 4.83. The van der Waals surface area contributed by atoms with Gasteiger partial charge in [0.2, 0.25) is 0 Å². The molecule has 1 aliphatic rings. The largest absolute Gasteiger partial charge is 0.496 e. The lowest BCUT2D eigenvalue weighted by molar-refractivity contribution is 0.0696. The Morgan fingerprint density at radius 2 is 2.03 bits per heavy atom. The van der Waals surface area contributed by atoms with E-state index in [0.29, 0.717) is 11.5 Å². The summed E-state index contributed by atoms with van der Waals surface area (Å²) in [6.07, 6.45) is 5.44. The van der Waals surface area contributed by atoms with Crippen molar-refractivity contribution in [3.05, 3.63) is 64.8 Å². The van der Waals surface area contributed by atoms with Crippen LogP contribution >= 0.6 is 0 Å². The number of hydrogen-bond acceptors (Lipinski definition) is 3. The summed E-state index contributed by atoms with van der Waals surface area (Å²) in [5.74, 6) is 0.738. The van der Waals surface area contributed by atoms with Crippen molar-refractivity contribution >= 4 is 16.9 Å². The van der Waals surface area contributed by atoms with Crippen LogP contribution in [0.25, 0.3) is 10.9 Å². The van der Waals surface area contributed by atoms with E-state index in [0.717, 1.165) is 30.8 Å². The Balaban J connectivity index is 1.70. The van der Waals surface area contributed by atoms with Crippen LogP contribution in [0.3, 0.4) is 0 Å². The van der Waals surface area contributed by atoms with Gasteiger partial charge in [-0.1, -0.05) is 25.5 Å². The van der Waals surface area contributed by atoms with E-state index in [9.17, 15) is 9.90 Å². The van der Waals surface area contributed by atoms with E-state index >= 15 is 0 Å². The van der Waals surface area contributed by atoms with E-state index in [-0.39, 0.29) is 6.04 Å². The maximum Gasteiger partial charge on any atom is 0.335 e. The number of aromatic carboxylic acids is 1. The molecule has 0 aliphatic carbocycles. The third kappa shape index (κ3) is 3.82. The molecule has 0 unspecified atom stereocenters. The molecule has 0 radical (unpaired) electrons. The van der Waals surface area contributed by atoms with Crippen LogP contribution in [0.15, 0.2) is 42.6 Å². The molecule has 1 aromatic heterocycles. The first-order valence-electron chi connectivity index (χ1n) is 10.7. The number of aromatic nitrogens is 1. The lowest BCUT2D eigenvalue weighted by atomic mass is 9.85. The van der Waals surface area contributed by atoms with E-state index < -0.39 is 5.97 Å². The van der Waals surface area contributed by atoms with Gasteiger partial charge in [0, 0.05) is 35.2 Å². The number of fused-ring (bicyclic) bond motifs is 1. The SMILES string of the molecule is CC[C@@H]1CCN(Cc2c(OC)cc(C)c3[nH]ccc23)[C@H](c2ccc(C(=O)O)cc2)C1. The molecule has 2 heterocycles. The molecular weight excluding hydrogens is 376 g/mol. The van der Waals surface area contributed by atoms with Crippen molar-refractivity contribution in [3.63, 3.8) is 0 Å². The van der Waals surface area contributed by atoms with E-state index in [1.165, 1.54) is 34.9 Å².